The lowest BCUT2D eigenvalue weighted by Gasteiger charge is -2.22. The van der Waals surface area contributed by atoms with Crippen molar-refractivity contribution < 1.29 is 9.59 Å². The van der Waals surface area contributed by atoms with Gasteiger partial charge >= 0.3 is 0 Å². The molecule has 1 aliphatic carbocycles. The average molecular weight is 504 g/mol. The predicted molar refractivity (Wildman–Crippen MR) is 144 cm³/mol. The van der Waals surface area contributed by atoms with Crippen molar-refractivity contribution in [2.24, 2.45) is 0 Å². The van der Waals surface area contributed by atoms with Gasteiger partial charge in [0, 0.05) is 21.9 Å². The number of anilines is 2. The van der Waals surface area contributed by atoms with E-state index < -0.39 is 0 Å². The normalized spacial score (nSPS) is 14.6. The van der Waals surface area contributed by atoms with E-state index in [1.54, 1.807) is 0 Å². The van der Waals surface area contributed by atoms with Crippen LogP contribution in [-0.4, -0.2) is 17.6 Å². The van der Waals surface area contributed by atoms with Crippen LogP contribution in [0.5, 0.6) is 0 Å². The third kappa shape index (κ3) is 6.53. The largest absolute Gasteiger partial charge is 0.326 e. The van der Waals surface area contributed by atoms with Crippen molar-refractivity contribution in [1.82, 2.24) is 0 Å². The number of carbonyl (C=O) groups is 2. The van der Waals surface area contributed by atoms with E-state index in [1.165, 1.54) is 33.5 Å². The van der Waals surface area contributed by atoms with Crippen molar-refractivity contribution in [3.8, 4) is 6.07 Å². The van der Waals surface area contributed by atoms with Gasteiger partial charge in [-0.15, -0.1) is 23.1 Å². The molecule has 2 amide bonds. The number of thioether (sulfide) groups is 1. The molecule has 1 unspecified atom stereocenters. The molecule has 0 aliphatic heterocycles. The SMILES string of the molecule is CCCCC(=O)Nc1cccc(SCC(=O)Nc2sc3c(c2C#N)CCC(c2ccccc2)C3)c1. The average Bonchev–Trinajstić information content (AvgIpc) is 3.23. The van der Waals surface area contributed by atoms with Gasteiger partial charge in [-0.3, -0.25) is 9.59 Å². The molecule has 180 valence electrons. The molecular weight excluding hydrogens is 474 g/mol. The van der Waals surface area contributed by atoms with Crippen LogP contribution in [0.15, 0.2) is 59.5 Å². The van der Waals surface area contributed by atoms with Gasteiger partial charge in [0.25, 0.3) is 0 Å². The number of fused-ring (bicyclic) bond motifs is 1. The van der Waals surface area contributed by atoms with Crippen LogP contribution in [0, 0.1) is 11.3 Å². The minimum absolute atomic E-state index is 0.00643. The van der Waals surface area contributed by atoms with Gasteiger partial charge in [-0.05, 0) is 60.9 Å². The van der Waals surface area contributed by atoms with Crippen LogP contribution < -0.4 is 10.6 Å². The monoisotopic (exact) mass is 503 g/mol. The number of unbranched alkanes of at least 4 members (excludes halogenated alkanes) is 1. The maximum Gasteiger partial charge on any atom is 0.235 e. The van der Waals surface area contributed by atoms with Gasteiger partial charge in [0.15, 0.2) is 0 Å². The highest BCUT2D eigenvalue weighted by Crippen LogP contribution is 2.42. The Morgan fingerprint density at radius 3 is 2.71 bits per heavy atom. The van der Waals surface area contributed by atoms with Crippen LogP contribution in [0.3, 0.4) is 0 Å². The van der Waals surface area contributed by atoms with Crippen molar-refractivity contribution in [2.75, 3.05) is 16.4 Å². The summed E-state index contributed by atoms with van der Waals surface area (Å²) in [5.74, 6) is 0.546. The van der Waals surface area contributed by atoms with Crippen molar-refractivity contribution in [3.63, 3.8) is 0 Å². The van der Waals surface area contributed by atoms with E-state index in [2.05, 4.69) is 47.9 Å². The molecule has 1 aromatic heterocycles. The number of benzene rings is 2. The highest BCUT2D eigenvalue weighted by Gasteiger charge is 2.27. The lowest BCUT2D eigenvalue weighted by Crippen LogP contribution is -2.14. The smallest absolute Gasteiger partial charge is 0.235 e. The van der Waals surface area contributed by atoms with E-state index in [4.69, 9.17) is 0 Å². The van der Waals surface area contributed by atoms with Gasteiger partial charge in [0.05, 0.1) is 11.3 Å². The van der Waals surface area contributed by atoms with Gasteiger partial charge in [0.1, 0.15) is 11.1 Å². The Hall–Kier alpha value is -3.08. The van der Waals surface area contributed by atoms with E-state index in [0.29, 0.717) is 22.9 Å². The van der Waals surface area contributed by atoms with E-state index in [9.17, 15) is 14.9 Å². The standard InChI is InChI=1S/C28H29N3O2S2/c1-2-3-12-26(32)30-21-10-7-11-22(16-21)34-18-27(33)31-28-24(17-29)23-14-13-20(15-25(23)35-28)19-8-5-4-6-9-19/h4-11,16,20H,2-3,12-15,18H2,1H3,(H,30,32)(H,31,33). The number of thiophene rings is 1. The van der Waals surface area contributed by atoms with Gasteiger partial charge in [-0.25, -0.2) is 0 Å². The van der Waals surface area contributed by atoms with Gasteiger partial charge in [0.2, 0.25) is 11.8 Å². The molecule has 0 saturated heterocycles. The van der Waals surface area contributed by atoms with Crippen molar-refractivity contribution in [1.29, 1.82) is 5.26 Å². The fourth-order valence-corrected chi connectivity index (χ4v) is 6.39. The van der Waals surface area contributed by atoms with Gasteiger partial charge in [-0.2, -0.15) is 5.26 Å². The van der Waals surface area contributed by atoms with E-state index in [1.807, 2.05) is 30.3 Å². The zero-order valence-corrected chi connectivity index (χ0v) is 21.4. The van der Waals surface area contributed by atoms with E-state index >= 15 is 0 Å². The van der Waals surface area contributed by atoms with Crippen LogP contribution in [0.1, 0.15) is 60.1 Å². The van der Waals surface area contributed by atoms with Crippen LogP contribution in [0.25, 0.3) is 0 Å². The Labute approximate surface area is 214 Å². The number of nitrogens with one attached hydrogen (secondary N) is 2. The van der Waals surface area contributed by atoms with Crippen LogP contribution in [0.2, 0.25) is 0 Å². The second-order valence-electron chi connectivity index (χ2n) is 8.69. The quantitative estimate of drug-likeness (QED) is 0.316. The maximum atomic E-state index is 12.7. The lowest BCUT2D eigenvalue weighted by molar-refractivity contribution is -0.116. The van der Waals surface area contributed by atoms with Gasteiger partial charge < -0.3 is 10.6 Å². The number of nitrogens with zero attached hydrogens (tertiary/aromatic N) is 1. The summed E-state index contributed by atoms with van der Waals surface area (Å²) in [5, 5.41) is 16.3. The first kappa shape index (κ1) is 25.0. The Morgan fingerprint density at radius 2 is 1.94 bits per heavy atom. The molecule has 1 atom stereocenters. The van der Waals surface area contributed by atoms with E-state index in [0.717, 1.165) is 48.3 Å². The highest BCUT2D eigenvalue weighted by molar-refractivity contribution is 8.00. The first-order chi connectivity index (χ1) is 17.1. The Bertz CT molecular complexity index is 1230. The third-order valence-electron chi connectivity index (χ3n) is 6.15. The Morgan fingerprint density at radius 1 is 1.11 bits per heavy atom. The topological polar surface area (TPSA) is 82.0 Å². The lowest BCUT2D eigenvalue weighted by atomic mass is 9.83. The van der Waals surface area contributed by atoms with Crippen LogP contribution >= 0.6 is 23.1 Å². The summed E-state index contributed by atoms with van der Waals surface area (Å²) in [4.78, 5) is 26.8. The molecule has 0 radical (unpaired) electrons. The number of rotatable bonds is 9. The van der Waals surface area contributed by atoms with E-state index in [-0.39, 0.29) is 17.6 Å². The zero-order valence-electron chi connectivity index (χ0n) is 19.8. The zero-order chi connectivity index (χ0) is 24.6. The number of hydrogen-bond donors (Lipinski definition) is 2. The predicted octanol–water partition coefficient (Wildman–Crippen LogP) is 6.75. The molecule has 2 aromatic carbocycles. The summed E-state index contributed by atoms with van der Waals surface area (Å²) < 4.78 is 0. The summed E-state index contributed by atoms with van der Waals surface area (Å²) in [6, 6.07) is 20.4. The molecule has 3 aromatic rings. The van der Waals surface area contributed by atoms with Gasteiger partial charge in [-0.1, -0.05) is 49.7 Å². The van der Waals surface area contributed by atoms with Crippen LogP contribution in [0.4, 0.5) is 10.7 Å². The summed E-state index contributed by atoms with van der Waals surface area (Å²) >= 11 is 2.95. The van der Waals surface area contributed by atoms with Crippen molar-refractivity contribution >= 4 is 45.6 Å². The number of nitriles is 1. The second kappa shape index (κ2) is 12.1. The molecule has 7 heteroatoms. The fourth-order valence-electron chi connectivity index (χ4n) is 4.34. The molecule has 35 heavy (non-hydrogen) atoms. The Balaban J connectivity index is 1.36. The van der Waals surface area contributed by atoms with Crippen molar-refractivity contribution in [3.05, 3.63) is 76.2 Å². The first-order valence-corrected chi connectivity index (χ1v) is 13.8. The minimum atomic E-state index is -0.137. The summed E-state index contributed by atoms with van der Waals surface area (Å²) in [7, 11) is 0. The summed E-state index contributed by atoms with van der Waals surface area (Å²) in [6.45, 7) is 2.06. The molecule has 0 saturated carbocycles. The summed E-state index contributed by atoms with van der Waals surface area (Å²) in [5.41, 5.74) is 3.78. The first-order valence-electron chi connectivity index (χ1n) is 12.0. The molecule has 4 rings (SSSR count). The maximum absolute atomic E-state index is 12.7. The second-order valence-corrected chi connectivity index (χ2v) is 10.8. The molecule has 0 bridgehead atoms. The summed E-state index contributed by atoms with van der Waals surface area (Å²) in [6.07, 6.45) is 5.12. The minimum Gasteiger partial charge on any atom is -0.326 e. The van der Waals surface area contributed by atoms with Crippen LogP contribution in [-0.2, 0) is 22.4 Å². The molecule has 1 heterocycles. The number of amides is 2. The molecular formula is C28H29N3O2S2. The highest BCUT2D eigenvalue weighted by atomic mass is 32.2. The molecule has 1 aliphatic rings. The number of hydrogen-bond acceptors (Lipinski definition) is 5. The molecule has 2 N–H and O–H groups in total. The molecule has 0 fully saturated rings. The fraction of sp³-hybridized carbons (Fsp3) is 0.321. The molecule has 5 nitrogen and oxygen atoms in total. The molecule has 0 spiro atoms. The number of carbonyl (C=O) groups excluding carboxylic acids is 2. The Kier molecular flexibility index (Phi) is 8.62. The van der Waals surface area contributed by atoms with Crippen molar-refractivity contribution in [2.45, 2.75) is 56.3 Å². The third-order valence-corrected chi connectivity index (χ3v) is 8.31.